The Labute approximate surface area is 140 Å². The van der Waals surface area contributed by atoms with E-state index in [0.717, 1.165) is 23.1 Å². The largest absolute Gasteiger partial charge is 0.496 e. The lowest BCUT2D eigenvalue weighted by molar-refractivity contribution is 0.405. The monoisotopic (exact) mass is 366 g/mol. The van der Waals surface area contributed by atoms with Gasteiger partial charge in [0, 0.05) is 10.4 Å². The zero-order valence-corrected chi connectivity index (χ0v) is 14.7. The van der Waals surface area contributed by atoms with Crippen LogP contribution in [0.2, 0.25) is 0 Å². The van der Waals surface area contributed by atoms with Crippen molar-refractivity contribution in [2.75, 3.05) is 13.0 Å². The molecule has 0 saturated heterocycles. The highest BCUT2D eigenvalue weighted by Crippen LogP contribution is 2.27. The van der Waals surface area contributed by atoms with Crippen molar-refractivity contribution in [3.63, 3.8) is 0 Å². The predicted octanol–water partition coefficient (Wildman–Crippen LogP) is 5.41. The van der Waals surface area contributed by atoms with Crippen LogP contribution in [0.15, 0.2) is 46.9 Å². The van der Waals surface area contributed by atoms with Gasteiger partial charge in [0.2, 0.25) is 0 Å². The van der Waals surface area contributed by atoms with Gasteiger partial charge in [-0.2, -0.15) is 0 Å². The van der Waals surface area contributed by atoms with E-state index in [9.17, 15) is 0 Å². The Morgan fingerprint density at radius 2 is 1.95 bits per heavy atom. The Morgan fingerprint density at radius 1 is 1.14 bits per heavy atom. The molecule has 0 aromatic heterocycles. The second-order valence-electron chi connectivity index (χ2n) is 5.37. The van der Waals surface area contributed by atoms with Crippen molar-refractivity contribution in [1.29, 1.82) is 0 Å². The molecule has 0 aliphatic carbocycles. The zero-order chi connectivity index (χ0) is 15.2. The van der Waals surface area contributed by atoms with Crippen molar-refractivity contribution >= 4 is 27.5 Å². The maximum absolute atomic E-state index is 6.19. The summed E-state index contributed by atoms with van der Waals surface area (Å²) in [5.74, 6) is 1.97. The van der Waals surface area contributed by atoms with Crippen LogP contribution in [0.3, 0.4) is 0 Å². The van der Waals surface area contributed by atoms with Crippen molar-refractivity contribution in [1.82, 2.24) is 0 Å². The summed E-state index contributed by atoms with van der Waals surface area (Å²) in [7, 11) is 1.71. The van der Waals surface area contributed by atoms with E-state index in [1.165, 1.54) is 16.7 Å². The molecule has 0 amide bonds. The number of alkyl halides is 1. The number of methoxy groups -OCH3 is 1. The number of ether oxygens (including phenoxy) is 1. The van der Waals surface area contributed by atoms with Crippen LogP contribution in [0.1, 0.15) is 16.7 Å². The van der Waals surface area contributed by atoms with Crippen LogP contribution in [0.25, 0.3) is 0 Å². The van der Waals surface area contributed by atoms with Crippen LogP contribution in [0.4, 0.5) is 0 Å². The molecule has 2 rings (SSSR count). The Hall–Kier alpha value is -0.990. The number of rotatable bonds is 6. The molecule has 112 valence electrons. The van der Waals surface area contributed by atoms with Gasteiger partial charge in [-0.3, -0.25) is 0 Å². The molecule has 0 spiro atoms. The minimum atomic E-state index is 0.400. The van der Waals surface area contributed by atoms with Crippen LogP contribution in [0, 0.1) is 12.8 Å². The fourth-order valence-corrected chi connectivity index (χ4v) is 3.20. The SMILES string of the molecule is COc1ccc(Br)cc1CC(CCl)Cc1cccc(C)c1. The summed E-state index contributed by atoms with van der Waals surface area (Å²) in [4.78, 5) is 0. The molecule has 0 fully saturated rings. The van der Waals surface area contributed by atoms with Crippen LogP contribution in [-0.4, -0.2) is 13.0 Å². The van der Waals surface area contributed by atoms with Crippen molar-refractivity contribution < 1.29 is 4.74 Å². The van der Waals surface area contributed by atoms with Gasteiger partial charge >= 0.3 is 0 Å². The molecule has 1 nitrogen and oxygen atoms in total. The Bertz CT molecular complexity index is 598. The first kappa shape index (κ1) is 16.4. The van der Waals surface area contributed by atoms with Gasteiger partial charge in [0.25, 0.3) is 0 Å². The molecular weight excluding hydrogens is 348 g/mol. The molecule has 0 aliphatic heterocycles. The fourth-order valence-electron chi connectivity index (χ4n) is 2.57. The van der Waals surface area contributed by atoms with Gasteiger partial charge in [0.05, 0.1) is 7.11 Å². The number of halogens is 2. The van der Waals surface area contributed by atoms with E-state index in [0.29, 0.717) is 11.8 Å². The molecule has 3 heteroatoms. The van der Waals surface area contributed by atoms with Crippen molar-refractivity contribution in [2.24, 2.45) is 5.92 Å². The highest BCUT2D eigenvalue weighted by molar-refractivity contribution is 9.10. The highest BCUT2D eigenvalue weighted by atomic mass is 79.9. The third-order valence-electron chi connectivity index (χ3n) is 3.58. The van der Waals surface area contributed by atoms with Crippen molar-refractivity contribution in [2.45, 2.75) is 19.8 Å². The van der Waals surface area contributed by atoms with Gasteiger partial charge in [-0.05, 0) is 55.0 Å². The molecule has 1 atom stereocenters. The molecule has 0 saturated carbocycles. The summed E-state index contributed by atoms with van der Waals surface area (Å²) in [6, 6.07) is 14.7. The minimum absolute atomic E-state index is 0.400. The summed E-state index contributed by atoms with van der Waals surface area (Å²) >= 11 is 9.72. The summed E-state index contributed by atoms with van der Waals surface area (Å²) < 4.78 is 6.52. The quantitative estimate of drug-likeness (QED) is 0.621. The maximum Gasteiger partial charge on any atom is 0.122 e. The van der Waals surface area contributed by atoms with Gasteiger partial charge in [0.15, 0.2) is 0 Å². The molecule has 0 bridgehead atoms. The molecule has 0 N–H and O–H groups in total. The van der Waals surface area contributed by atoms with E-state index in [4.69, 9.17) is 16.3 Å². The second-order valence-corrected chi connectivity index (χ2v) is 6.60. The Balaban J connectivity index is 2.14. The molecule has 2 aromatic carbocycles. The first-order valence-electron chi connectivity index (χ1n) is 7.06. The molecule has 21 heavy (non-hydrogen) atoms. The van der Waals surface area contributed by atoms with Gasteiger partial charge < -0.3 is 4.74 Å². The van der Waals surface area contributed by atoms with Crippen molar-refractivity contribution in [3.8, 4) is 5.75 Å². The smallest absolute Gasteiger partial charge is 0.122 e. The molecule has 0 heterocycles. The third-order valence-corrected chi connectivity index (χ3v) is 4.51. The first-order chi connectivity index (χ1) is 10.1. The number of hydrogen-bond donors (Lipinski definition) is 0. The normalized spacial score (nSPS) is 12.2. The van der Waals surface area contributed by atoms with E-state index < -0.39 is 0 Å². The second kappa shape index (κ2) is 7.86. The van der Waals surface area contributed by atoms with Crippen LogP contribution >= 0.6 is 27.5 Å². The van der Waals surface area contributed by atoms with E-state index in [2.05, 4.69) is 53.2 Å². The lowest BCUT2D eigenvalue weighted by atomic mass is 9.93. The number of benzene rings is 2. The van der Waals surface area contributed by atoms with Crippen LogP contribution in [0.5, 0.6) is 5.75 Å². The number of aryl methyl sites for hydroxylation is 1. The lowest BCUT2D eigenvalue weighted by Crippen LogP contribution is -2.11. The standard InChI is InChI=1S/C18H20BrClO/c1-13-4-3-5-14(8-13)9-15(12-20)10-16-11-17(19)6-7-18(16)21-2/h3-8,11,15H,9-10,12H2,1-2H3. The Kier molecular flexibility index (Phi) is 6.13. The van der Waals surface area contributed by atoms with Gasteiger partial charge in [0.1, 0.15) is 5.75 Å². The predicted molar refractivity (Wildman–Crippen MR) is 93.5 cm³/mol. The fraction of sp³-hybridized carbons (Fsp3) is 0.333. The zero-order valence-electron chi connectivity index (χ0n) is 12.4. The molecule has 1 unspecified atom stereocenters. The minimum Gasteiger partial charge on any atom is -0.496 e. The van der Waals surface area contributed by atoms with E-state index in [1.807, 2.05) is 12.1 Å². The molecule has 0 radical (unpaired) electrons. The summed E-state index contributed by atoms with van der Waals surface area (Å²) in [5.41, 5.74) is 3.83. The van der Waals surface area contributed by atoms with Crippen LogP contribution in [-0.2, 0) is 12.8 Å². The van der Waals surface area contributed by atoms with E-state index in [1.54, 1.807) is 7.11 Å². The summed E-state index contributed by atoms with van der Waals surface area (Å²) in [6.45, 7) is 2.12. The van der Waals surface area contributed by atoms with Crippen molar-refractivity contribution in [3.05, 3.63) is 63.6 Å². The highest BCUT2D eigenvalue weighted by Gasteiger charge is 2.13. The molecule has 2 aromatic rings. The average Bonchev–Trinajstić information content (AvgIpc) is 2.47. The Morgan fingerprint density at radius 3 is 2.62 bits per heavy atom. The average molecular weight is 368 g/mol. The summed E-state index contributed by atoms with van der Waals surface area (Å²) in [5, 5.41) is 0. The van der Waals surface area contributed by atoms with Gasteiger partial charge in [-0.1, -0.05) is 45.8 Å². The van der Waals surface area contributed by atoms with E-state index >= 15 is 0 Å². The lowest BCUT2D eigenvalue weighted by Gasteiger charge is -2.17. The first-order valence-corrected chi connectivity index (χ1v) is 8.39. The van der Waals surface area contributed by atoms with Gasteiger partial charge in [-0.15, -0.1) is 11.6 Å². The van der Waals surface area contributed by atoms with Crippen LogP contribution < -0.4 is 4.74 Å². The maximum atomic E-state index is 6.19. The molecule has 0 aliphatic rings. The topological polar surface area (TPSA) is 9.23 Å². The number of hydrogen-bond acceptors (Lipinski definition) is 1. The van der Waals surface area contributed by atoms with E-state index in [-0.39, 0.29) is 0 Å². The van der Waals surface area contributed by atoms with Gasteiger partial charge in [-0.25, -0.2) is 0 Å². The third kappa shape index (κ3) is 4.76. The molecular formula is C18H20BrClO. The summed E-state index contributed by atoms with van der Waals surface area (Å²) in [6.07, 6.45) is 1.90.